The van der Waals surface area contributed by atoms with Gasteiger partial charge in [-0.2, -0.15) is 11.8 Å². The maximum atomic E-state index is 3.61. The first-order valence-corrected chi connectivity index (χ1v) is 6.26. The van der Waals surface area contributed by atoms with Crippen molar-refractivity contribution in [2.45, 2.75) is 46.2 Å². The molecular formula is C10H23NS. The van der Waals surface area contributed by atoms with Crippen LogP contribution in [0.2, 0.25) is 0 Å². The minimum absolute atomic E-state index is 0.643. The van der Waals surface area contributed by atoms with Gasteiger partial charge in [0.15, 0.2) is 0 Å². The molecule has 0 aromatic carbocycles. The Morgan fingerprint density at radius 1 is 1.25 bits per heavy atom. The minimum atomic E-state index is 0.643. The summed E-state index contributed by atoms with van der Waals surface area (Å²) >= 11 is 1.91. The van der Waals surface area contributed by atoms with Gasteiger partial charge in [-0.1, -0.05) is 20.3 Å². The highest BCUT2D eigenvalue weighted by Gasteiger charge is 2.11. The van der Waals surface area contributed by atoms with Gasteiger partial charge in [0.2, 0.25) is 0 Å². The maximum Gasteiger partial charge on any atom is 0.0132 e. The van der Waals surface area contributed by atoms with Crippen LogP contribution >= 0.6 is 11.8 Å². The molecule has 3 atom stereocenters. The standard InChI is InChI=1S/C10H23NS/c1-6-8(2)10(4)11-9(3)7-12-5/h8-11H,6-7H2,1-5H3. The summed E-state index contributed by atoms with van der Waals surface area (Å²) in [6.45, 7) is 9.10. The zero-order chi connectivity index (χ0) is 9.56. The summed E-state index contributed by atoms with van der Waals surface area (Å²) in [7, 11) is 0. The third-order valence-corrected chi connectivity index (χ3v) is 3.29. The second-order valence-electron chi connectivity index (χ2n) is 3.70. The molecule has 0 fully saturated rings. The lowest BCUT2D eigenvalue weighted by atomic mass is 10.0. The summed E-state index contributed by atoms with van der Waals surface area (Å²) in [5.41, 5.74) is 0. The fourth-order valence-electron chi connectivity index (χ4n) is 1.26. The van der Waals surface area contributed by atoms with E-state index >= 15 is 0 Å². The van der Waals surface area contributed by atoms with Crippen LogP contribution in [0, 0.1) is 5.92 Å². The second-order valence-corrected chi connectivity index (χ2v) is 4.61. The summed E-state index contributed by atoms with van der Waals surface area (Å²) in [6.07, 6.45) is 3.42. The van der Waals surface area contributed by atoms with Crippen molar-refractivity contribution in [2.24, 2.45) is 5.92 Å². The smallest absolute Gasteiger partial charge is 0.0132 e. The van der Waals surface area contributed by atoms with E-state index in [1.165, 1.54) is 12.2 Å². The highest BCUT2D eigenvalue weighted by molar-refractivity contribution is 7.98. The number of hydrogen-bond donors (Lipinski definition) is 1. The van der Waals surface area contributed by atoms with Gasteiger partial charge in [-0.15, -0.1) is 0 Å². The van der Waals surface area contributed by atoms with E-state index in [0.717, 1.165) is 5.92 Å². The quantitative estimate of drug-likeness (QED) is 0.689. The van der Waals surface area contributed by atoms with E-state index in [0.29, 0.717) is 12.1 Å². The molecule has 12 heavy (non-hydrogen) atoms. The molecule has 0 aliphatic heterocycles. The van der Waals surface area contributed by atoms with Crippen LogP contribution in [-0.4, -0.2) is 24.1 Å². The van der Waals surface area contributed by atoms with E-state index in [1.54, 1.807) is 0 Å². The lowest BCUT2D eigenvalue weighted by Gasteiger charge is -2.24. The van der Waals surface area contributed by atoms with Crippen molar-refractivity contribution in [3.05, 3.63) is 0 Å². The summed E-state index contributed by atoms with van der Waals surface area (Å²) in [5.74, 6) is 2.00. The molecular weight excluding hydrogens is 166 g/mol. The molecule has 0 radical (unpaired) electrons. The first-order chi connectivity index (χ1) is 5.61. The summed E-state index contributed by atoms with van der Waals surface area (Å²) in [6, 6.07) is 1.29. The number of rotatable bonds is 6. The normalized spacial score (nSPS) is 18.8. The predicted octanol–water partition coefficient (Wildman–Crippen LogP) is 2.76. The average molecular weight is 189 g/mol. The van der Waals surface area contributed by atoms with Crippen LogP contribution in [0.4, 0.5) is 0 Å². The van der Waals surface area contributed by atoms with Crippen LogP contribution in [0.25, 0.3) is 0 Å². The van der Waals surface area contributed by atoms with Gasteiger partial charge in [0, 0.05) is 17.8 Å². The molecule has 1 nitrogen and oxygen atoms in total. The Morgan fingerprint density at radius 2 is 1.83 bits per heavy atom. The van der Waals surface area contributed by atoms with Crippen molar-refractivity contribution < 1.29 is 0 Å². The molecule has 0 aromatic heterocycles. The molecule has 2 heteroatoms. The van der Waals surface area contributed by atoms with E-state index < -0.39 is 0 Å². The van der Waals surface area contributed by atoms with E-state index in [-0.39, 0.29) is 0 Å². The van der Waals surface area contributed by atoms with Gasteiger partial charge >= 0.3 is 0 Å². The maximum absolute atomic E-state index is 3.61. The van der Waals surface area contributed by atoms with Crippen LogP contribution in [0.5, 0.6) is 0 Å². The molecule has 0 aliphatic carbocycles. The van der Waals surface area contributed by atoms with Crippen LogP contribution < -0.4 is 5.32 Å². The Hall–Kier alpha value is 0.310. The Morgan fingerprint density at radius 3 is 2.25 bits per heavy atom. The second kappa shape index (κ2) is 6.79. The fourth-order valence-corrected chi connectivity index (χ4v) is 1.86. The first kappa shape index (κ1) is 12.3. The molecule has 0 heterocycles. The van der Waals surface area contributed by atoms with E-state index in [1.807, 2.05) is 11.8 Å². The monoisotopic (exact) mass is 189 g/mol. The Labute approximate surface area is 81.7 Å². The lowest BCUT2D eigenvalue weighted by molar-refractivity contribution is 0.368. The van der Waals surface area contributed by atoms with Crippen LogP contribution in [0.1, 0.15) is 34.1 Å². The lowest BCUT2D eigenvalue weighted by Crippen LogP contribution is -2.39. The van der Waals surface area contributed by atoms with E-state index in [9.17, 15) is 0 Å². The molecule has 0 saturated carbocycles. The van der Waals surface area contributed by atoms with Gasteiger partial charge in [0.05, 0.1) is 0 Å². The van der Waals surface area contributed by atoms with Crippen molar-refractivity contribution >= 4 is 11.8 Å². The summed E-state index contributed by atoms with van der Waals surface area (Å²) in [5, 5.41) is 3.61. The molecule has 0 aromatic rings. The average Bonchev–Trinajstić information content (AvgIpc) is 2.03. The Kier molecular flexibility index (Phi) is 6.96. The Balaban J connectivity index is 3.59. The van der Waals surface area contributed by atoms with Crippen molar-refractivity contribution in [1.82, 2.24) is 5.32 Å². The molecule has 0 spiro atoms. The highest BCUT2D eigenvalue weighted by Crippen LogP contribution is 2.08. The van der Waals surface area contributed by atoms with Crippen molar-refractivity contribution in [3.63, 3.8) is 0 Å². The fraction of sp³-hybridized carbons (Fsp3) is 1.00. The van der Waals surface area contributed by atoms with Crippen molar-refractivity contribution in [1.29, 1.82) is 0 Å². The van der Waals surface area contributed by atoms with Gasteiger partial charge in [-0.05, 0) is 26.0 Å². The number of hydrogen-bond acceptors (Lipinski definition) is 2. The van der Waals surface area contributed by atoms with E-state index in [4.69, 9.17) is 0 Å². The molecule has 0 bridgehead atoms. The zero-order valence-corrected chi connectivity index (χ0v) is 9.87. The van der Waals surface area contributed by atoms with Gasteiger partial charge in [-0.25, -0.2) is 0 Å². The SMILES string of the molecule is CCC(C)C(C)NC(C)CSC. The molecule has 3 unspecified atom stereocenters. The molecule has 1 N–H and O–H groups in total. The molecule has 0 amide bonds. The zero-order valence-electron chi connectivity index (χ0n) is 9.05. The van der Waals surface area contributed by atoms with Crippen LogP contribution in [0.3, 0.4) is 0 Å². The van der Waals surface area contributed by atoms with Crippen molar-refractivity contribution in [3.8, 4) is 0 Å². The molecule has 0 rings (SSSR count). The van der Waals surface area contributed by atoms with Gasteiger partial charge in [0.1, 0.15) is 0 Å². The largest absolute Gasteiger partial charge is 0.311 e. The summed E-state index contributed by atoms with van der Waals surface area (Å²) in [4.78, 5) is 0. The van der Waals surface area contributed by atoms with E-state index in [2.05, 4.69) is 39.3 Å². The Bertz CT molecular complexity index is 106. The molecule has 0 saturated heterocycles. The van der Waals surface area contributed by atoms with Crippen LogP contribution in [0.15, 0.2) is 0 Å². The van der Waals surface area contributed by atoms with Crippen molar-refractivity contribution in [2.75, 3.05) is 12.0 Å². The third-order valence-electron chi connectivity index (χ3n) is 2.46. The van der Waals surface area contributed by atoms with Gasteiger partial charge in [-0.3, -0.25) is 0 Å². The molecule has 0 aliphatic rings. The topological polar surface area (TPSA) is 12.0 Å². The van der Waals surface area contributed by atoms with Gasteiger partial charge < -0.3 is 5.32 Å². The summed E-state index contributed by atoms with van der Waals surface area (Å²) < 4.78 is 0. The number of nitrogens with one attached hydrogen (secondary N) is 1. The van der Waals surface area contributed by atoms with Gasteiger partial charge in [0.25, 0.3) is 0 Å². The predicted molar refractivity (Wildman–Crippen MR) is 59.9 cm³/mol. The number of thioether (sulfide) groups is 1. The third kappa shape index (κ3) is 5.04. The minimum Gasteiger partial charge on any atom is -0.311 e. The van der Waals surface area contributed by atoms with Crippen LogP contribution in [-0.2, 0) is 0 Å². The molecule has 74 valence electrons. The first-order valence-electron chi connectivity index (χ1n) is 4.86. The highest BCUT2D eigenvalue weighted by atomic mass is 32.2.